The molecule has 0 saturated heterocycles. The van der Waals surface area contributed by atoms with Crippen LogP contribution in [0.25, 0.3) is 0 Å². The van der Waals surface area contributed by atoms with Crippen molar-refractivity contribution in [1.29, 1.82) is 0 Å². The molecule has 1 aromatic rings. The van der Waals surface area contributed by atoms with Crippen LogP contribution in [0.2, 0.25) is 0 Å². The van der Waals surface area contributed by atoms with Crippen molar-refractivity contribution in [3.63, 3.8) is 0 Å². The van der Waals surface area contributed by atoms with Crippen molar-refractivity contribution in [1.82, 2.24) is 0 Å². The van der Waals surface area contributed by atoms with Gasteiger partial charge in [0.25, 0.3) is 0 Å². The Morgan fingerprint density at radius 3 is 1.87 bits per heavy atom. The van der Waals surface area contributed by atoms with E-state index in [2.05, 4.69) is 4.42 Å². The minimum Gasteiger partial charge on any atom is -0.473 e. The summed E-state index contributed by atoms with van der Waals surface area (Å²) in [7, 11) is 0. The van der Waals surface area contributed by atoms with E-state index >= 15 is 0 Å². The van der Waals surface area contributed by atoms with Crippen LogP contribution in [0.4, 0.5) is 0 Å². The Bertz CT molecular complexity index is 224. The zero-order valence-electron chi connectivity index (χ0n) is 7.98. The number of rotatable bonds is 4. The summed E-state index contributed by atoms with van der Waals surface area (Å²) in [5.41, 5.74) is -2.11. The van der Waals surface area contributed by atoms with Gasteiger partial charge in [-0.15, -0.1) is 0 Å². The molecule has 0 aromatic carbocycles. The summed E-state index contributed by atoms with van der Waals surface area (Å²) in [5.74, 6) is 0. The molecule has 6 heteroatoms. The Balaban J connectivity index is 0.000000322. The summed E-state index contributed by atoms with van der Waals surface area (Å²) < 4.78 is 4.58. The first-order valence-corrected chi connectivity index (χ1v) is 4.15. The number of furan rings is 1. The van der Waals surface area contributed by atoms with Gasteiger partial charge in [-0.3, -0.25) is 0 Å². The molecule has 86 valence electrons. The Hall–Kier alpha value is -1.21. The van der Waals surface area contributed by atoms with E-state index in [0.717, 1.165) is 0 Å². The molecule has 0 fully saturated rings. The lowest BCUT2D eigenvalue weighted by Crippen LogP contribution is -2.49. The zero-order valence-corrected chi connectivity index (χ0v) is 7.98. The van der Waals surface area contributed by atoms with Crippen LogP contribution in [0.15, 0.2) is 29.1 Å². The molecular formula is C9H14O6. The molecule has 0 amide bonds. The van der Waals surface area contributed by atoms with Gasteiger partial charge in [0.2, 0.25) is 0 Å². The fourth-order valence-corrected chi connectivity index (χ4v) is 0.591. The second kappa shape index (κ2) is 7.13. The van der Waals surface area contributed by atoms with Crippen LogP contribution in [-0.2, 0) is 4.79 Å². The van der Waals surface area contributed by atoms with Gasteiger partial charge in [0, 0.05) is 0 Å². The first-order chi connectivity index (χ1) is 7.10. The van der Waals surface area contributed by atoms with E-state index in [1.807, 2.05) is 12.1 Å². The molecule has 0 aliphatic rings. The molecule has 1 aromatic heterocycles. The SMILES string of the molecule is O=CC(O)C(O)(CO)CO.c1ccoc1. The minimum absolute atomic E-state index is 0.0481. The van der Waals surface area contributed by atoms with Gasteiger partial charge in [0.05, 0.1) is 25.7 Å². The molecule has 0 spiro atoms. The molecule has 1 rings (SSSR count). The molecule has 4 N–H and O–H groups in total. The van der Waals surface area contributed by atoms with Crippen molar-refractivity contribution >= 4 is 6.29 Å². The van der Waals surface area contributed by atoms with E-state index in [9.17, 15) is 4.79 Å². The summed E-state index contributed by atoms with van der Waals surface area (Å²) in [6, 6.07) is 3.67. The van der Waals surface area contributed by atoms with Crippen LogP contribution in [0.5, 0.6) is 0 Å². The van der Waals surface area contributed by atoms with E-state index < -0.39 is 24.9 Å². The van der Waals surface area contributed by atoms with Crippen LogP contribution in [0.1, 0.15) is 0 Å². The molecular weight excluding hydrogens is 204 g/mol. The molecule has 1 unspecified atom stereocenters. The number of carbonyl (C=O) groups is 1. The van der Waals surface area contributed by atoms with Crippen molar-refractivity contribution in [2.75, 3.05) is 13.2 Å². The van der Waals surface area contributed by atoms with E-state index in [0.29, 0.717) is 0 Å². The molecule has 0 aliphatic carbocycles. The monoisotopic (exact) mass is 218 g/mol. The summed E-state index contributed by atoms with van der Waals surface area (Å²) in [5, 5.41) is 34.3. The van der Waals surface area contributed by atoms with Gasteiger partial charge in [-0.1, -0.05) is 0 Å². The number of aliphatic hydroxyl groups is 4. The number of carbonyl (C=O) groups excluding carboxylic acids is 1. The van der Waals surface area contributed by atoms with E-state index in [1.165, 1.54) is 0 Å². The van der Waals surface area contributed by atoms with Crippen LogP contribution in [0, 0.1) is 0 Å². The Kier molecular flexibility index (Phi) is 6.56. The summed E-state index contributed by atoms with van der Waals surface area (Å²) >= 11 is 0. The average Bonchev–Trinajstić information content (AvgIpc) is 2.85. The average molecular weight is 218 g/mol. The van der Waals surface area contributed by atoms with Gasteiger partial charge in [-0.2, -0.15) is 0 Å². The number of aldehydes is 1. The number of aliphatic hydroxyl groups excluding tert-OH is 3. The number of hydrogen-bond acceptors (Lipinski definition) is 6. The zero-order chi connectivity index (χ0) is 11.7. The Labute approximate surface area is 86.4 Å². The Morgan fingerprint density at radius 1 is 1.27 bits per heavy atom. The van der Waals surface area contributed by atoms with Crippen LogP contribution in [-0.4, -0.2) is 51.6 Å². The fourth-order valence-electron chi connectivity index (χ4n) is 0.591. The fraction of sp³-hybridized carbons (Fsp3) is 0.444. The topological polar surface area (TPSA) is 111 Å². The van der Waals surface area contributed by atoms with Gasteiger partial charge in [0.15, 0.2) is 6.29 Å². The predicted octanol–water partition coefficient (Wildman–Crippen LogP) is -1.46. The third-order valence-electron chi connectivity index (χ3n) is 1.65. The molecule has 15 heavy (non-hydrogen) atoms. The summed E-state index contributed by atoms with van der Waals surface area (Å²) in [6.45, 7) is -1.72. The van der Waals surface area contributed by atoms with Gasteiger partial charge in [-0.05, 0) is 12.1 Å². The predicted molar refractivity (Wildman–Crippen MR) is 49.9 cm³/mol. The van der Waals surface area contributed by atoms with E-state index in [1.54, 1.807) is 12.5 Å². The molecule has 1 heterocycles. The van der Waals surface area contributed by atoms with Crippen molar-refractivity contribution in [2.45, 2.75) is 11.7 Å². The van der Waals surface area contributed by atoms with Crippen LogP contribution in [0.3, 0.4) is 0 Å². The lowest BCUT2D eigenvalue weighted by Gasteiger charge is -2.24. The second-order valence-corrected chi connectivity index (χ2v) is 2.79. The van der Waals surface area contributed by atoms with Gasteiger partial charge in [0.1, 0.15) is 11.7 Å². The highest BCUT2D eigenvalue weighted by molar-refractivity contribution is 5.58. The van der Waals surface area contributed by atoms with E-state index in [4.69, 9.17) is 20.4 Å². The Morgan fingerprint density at radius 2 is 1.73 bits per heavy atom. The number of hydrogen-bond donors (Lipinski definition) is 4. The molecule has 1 atom stereocenters. The lowest BCUT2D eigenvalue weighted by atomic mass is 10.0. The first-order valence-electron chi connectivity index (χ1n) is 4.15. The maximum atomic E-state index is 9.84. The summed E-state index contributed by atoms with van der Waals surface area (Å²) in [4.78, 5) is 9.84. The third kappa shape index (κ3) is 4.71. The first kappa shape index (κ1) is 13.8. The second-order valence-electron chi connectivity index (χ2n) is 2.79. The molecule has 0 aliphatic heterocycles. The van der Waals surface area contributed by atoms with Crippen LogP contribution >= 0.6 is 0 Å². The molecule has 0 saturated carbocycles. The summed E-state index contributed by atoms with van der Waals surface area (Å²) in [6.07, 6.45) is 1.55. The molecule has 6 nitrogen and oxygen atoms in total. The highest BCUT2D eigenvalue weighted by Crippen LogP contribution is 2.06. The quantitative estimate of drug-likeness (QED) is 0.460. The van der Waals surface area contributed by atoms with Crippen LogP contribution < -0.4 is 0 Å². The van der Waals surface area contributed by atoms with E-state index in [-0.39, 0.29) is 6.29 Å². The smallest absolute Gasteiger partial charge is 0.151 e. The molecule has 0 radical (unpaired) electrons. The third-order valence-corrected chi connectivity index (χ3v) is 1.65. The van der Waals surface area contributed by atoms with Crippen molar-refractivity contribution in [3.8, 4) is 0 Å². The maximum Gasteiger partial charge on any atom is 0.151 e. The standard InChI is InChI=1S/C5H10O5.C4H4O/c6-1-4(9)5(10,2-7)3-8;1-2-4-5-3-1/h1,4,7-10H,2-3H2;1-4H. The maximum absolute atomic E-state index is 9.84. The van der Waals surface area contributed by atoms with Gasteiger partial charge >= 0.3 is 0 Å². The highest BCUT2D eigenvalue weighted by Gasteiger charge is 2.33. The highest BCUT2D eigenvalue weighted by atomic mass is 16.4. The normalized spacial score (nSPS) is 12.5. The minimum atomic E-state index is -2.11. The van der Waals surface area contributed by atoms with Gasteiger partial charge < -0.3 is 29.6 Å². The molecule has 0 bridgehead atoms. The largest absolute Gasteiger partial charge is 0.473 e. The van der Waals surface area contributed by atoms with Crippen molar-refractivity contribution in [3.05, 3.63) is 24.7 Å². The van der Waals surface area contributed by atoms with Crippen molar-refractivity contribution < 1.29 is 29.6 Å². The lowest BCUT2D eigenvalue weighted by molar-refractivity contribution is -0.147. The van der Waals surface area contributed by atoms with Gasteiger partial charge in [-0.25, -0.2) is 0 Å². The van der Waals surface area contributed by atoms with Crippen molar-refractivity contribution in [2.24, 2.45) is 0 Å².